The van der Waals surface area contributed by atoms with Gasteiger partial charge in [0.15, 0.2) is 0 Å². The summed E-state index contributed by atoms with van der Waals surface area (Å²) in [5, 5.41) is 0. The zero-order chi connectivity index (χ0) is 12.4. The molecule has 0 unspecified atom stereocenters. The van der Waals surface area contributed by atoms with Crippen molar-refractivity contribution in [2.24, 2.45) is 0 Å². The second-order valence-corrected chi connectivity index (χ2v) is 4.71. The topological polar surface area (TPSA) is 36.4 Å². The first-order valence-electron chi connectivity index (χ1n) is 6.00. The third kappa shape index (κ3) is 2.40. The third-order valence-electron chi connectivity index (χ3n) is 3.27. The van der Waals surface area contributed by atoms with Gasteiger partial charge in [-0.25, -0.2) is 4.98 Å². The molecule has 4 heteroatoms. The molecule has 1 aliphatic rings. The van der Waals surface area contributed by atoms with E-state index in [4.69, 9.17) is 0 Å². The van der Waals surface area contributed by atoms with Gasteiger partial charge in [-0.3, -0.25) is 4.79 Å². The Bertz CT molecular complexity index is 417. The average molecular weight is 233 g/mol. The molecule has 1 aliphatic heterocycles. The fourth-order valence-corrected chi connectivity index (χ4v) is 2.38. The van der Waals surface area contributed by atoms with Gasteiger partial charge in [0.05, 0.1) is 6.04 Å². The molecule has 1 aromatic rings. The first-order valence-corrected chi connectivity index (χ1v) is 6.00. The summed E-state index contributed by atoms with van der Waals surface area (Å²) in [5.74, 6) is 1.11. The largest absolute Gasteiger partial charge is 0.363 e. The predicted molar refractivity (Wildman–Crippen MR) is 67.9 cm³/mol. The van der Waals surface area contributed by atoms with Crippen LogP contribution in [0.1, 0.15) is 31.4 Å². The molecule has 0 saturated carbocycles. The van der Waals surface area contributed by atoms with Crippen molar-refractivity contribution in [3.8, 4) is 0 Å². The Balaban J connectivity index is 2.27. The van der Waals surface area contributed by atoms with E-state index < -0.39 is 0 Å². The molecule has 0 N–H and O–H groups in total. The van der Waals surface area contributed by atoms with Crippen LogP contribution in [0.2, 0.25) is 0 Å². The van der Waals surface area contributed by atoms with Crippen molar-refractivity contribution in [2.45, 2.75) is 25.8 Å². The van der Waals surface area contributed by atoms with E-state index in [0.29, 0.717) is 0 Å². The van der Waals surface area contributed by atoms with Gasteiger partial charge >= 0.3 is 0 Å². The second kappa shape index (κ2) is 4.73. The Hall–Kier alpha value is -1.58. The van der Waals surface area contributed by atoms with Crippen molar-refractivity contribution in [2.75, 3.05) is 25.5 Å². The molecule has 17 heavy (non-hydrogen) atoms. The summed E-state index contributed by atoms with van der Waals surface area (Å²) in [6.45, 7) is 2.52. The van der Waals surface area contributed by atoms with E-state index in [1.54, 1.807) is 6.92 Å². The maximum absolute atomic E-state index is 11.5. The quantitative estimate of drug-likeness (QED) is 0.782. The zero-order valence-electron chi connectivity index (χ0n) is 10.7. The number of rotatable bonds is 2. The standard InChI is InChI=1S/C13H19N3O/c1-10(17)16-8-4-5-12(16)11-6-7-14-13(9-11)15(2)3/h6-7,9,12H,4-5,8H2,1-3H3/t12-/m1/s1. The van der Waals surface area contributed by atoms with E-state index in [0.717, 1.165) is 25.2 Å². The van der Waals surface area contributed by atoms with Crippen LogP contribution < -0.4 is 4.90 Å². The van der Waals surface area contributed by atoms with E-state index >= 15 is 0 Å². The Morgan fingerprint density at radius 3 is 2.94 bits per heavy atom. The average Bonchev–Trinajstić information content (AvgIpc) is 2.78. The van der Waals surface area contributed by atoms with Gasteiger partial charge in [-0.15, -0.1) is 0 Å². The number of likely N-dealkylation sites (tertiary alicyclic amines) is 1. The lowest BCUT2D eigenvalue weighted by Crippen LogP contribution is -2.28. The highest BCUT2D eigenvalue weighted by Crippen LogP contribution is 2.32. The highest BCUT2D eigenvalue weighted by atomic mass is 16.2. The molecule has 1 aromatic heterocycles. The number of aromatic nitrogens is 1. The first kappa shape index (κ1) is 11.9. The fraction of sp³-hybridized carbons (Fsp3) is 0.538. The van der Waals surface area contributed by atoms with Crippen LogP contribution in [-0.4, -0.2) is 36.4 Å². The van der Waals surface area contributed by atoms with Crippen LogP contribution in [-0.2, 0) is 4.79 Å². The lowest BCUT2D eigenvalue weighted by molar-refractivity contribution is -0.129. The summed E-state index contributed by atoms with van der Waals surface area (Å²) in [6.07, 6.45) is 3.96. The highest BCUT2D eigenvalue weighted by Gasteiger charge is 2.27. The van der Waals surface area contributed by atoms with E-state index in [1.807, 2.05) is 36.2 Å². The van der Waals surface area contributed by atoms with Gasteiger partial charge < -0.3 is 9.80 Å². The fourth-order valence-electron chi connectivity index (χ4n) is 2.38. The van der Waals surface area contributed by atoms with Crippen molar-refractivity contribution < 1.29 is 4.79 Å². The van der Waals surface area contributed by atoms with Crippen LogP contribution in [0.5, 0.6) is 0 Å². The van der Waals surface area contributed by atoms with E-state index in [-0.39, 0.29) is 11.9 Å². The van der Waals surface area contributed by atoms with Crippen molar-refractivity contribution >= 4 is 11.7 Å². The molecule has 0 radical (unpaired) electrons. The molecule has 0 aromatic carbocycles. The molecule has 2 heterocycles. The van der Waals surface area contributed by atoms with Crippen LogP contribution in [0.3, 0.4) is 0 Å². The number of hydrogen-bond donors (Lipinski definition) is 0. The van der Waals surface area contributed by atoms with Crippen molar-refractivity contribution in [3.63, 3.8) is 0 Å². The summed E-state index contributed by atoms with van der Waals surface area (Å²) < 4.78 is 0. The molecule has 0 spiro atoms. The summed E-state index contributed by atoms with van der Waals surface area (Å²) in [5.41, 5.74) is 1.19. The minimum Gasteiger partial charge on any atom is -0.363 e. The Morgan fingerprint density at radius 1 is 1.53 bits per heavy atom. The smallest absolute Gasteiger partial charge is 0.219 e. The number of anilines is 1. The van der Waals surface area contributed by atoms with Crippen LogP contribution in [0.15, 0.2) is 18.3 Å². The Labute approximate surface area is 102 Å². The van der Waals surface area contributed by atoms with Gasteiger partial charge in [0.2, 0.25) is 5.91 Å². The molecule has 2 rings (SSSR count). The molecule has 1 saturated heterocycles. The number of pyridine rings is 1. The molecular weight excluding hydrogens is 214 g/mol. The van der Waals surface area contributed by atoms with Crippen molar-refractivity contribution in [1.29, 1.82) is 0 Å². The Morgan fingerprint density at radius 2 is 2.29 bits per heavy atom. The second-order valence-electron chi connectivity index (χ2n) is 4.71. The molecule has 0 aliphatic carbocycles. The third-order valence-corrected chi connectivity index (χ3v) is 3.27. The molecular formula is C13H19N3O. The summed E-state index contributed by atoms with van der Waals surface area (Å²) in [6, 6.07) is 4.32. The molecule has 0 bridgehead atoms. The number of nitrogens with zero attached hydrogens (tertiary/aromatic N) is 3. The van der Waals surface area contributed by atoms with Gasteiger partial charge in [-0.05, 0) is 30.5 Å². The predicted octanol–water partition coefficient (Wildman–Crippen LogP) is 1.83. The summed E-state index contributed by atoms with van der Waals surface area (Å²) in [7, 11) is 3.95. The summed E-state index contributed by atoms with van der Waals surface area (Å²) in [4.78, 5) is 19.8. The Kier molecular flexibility index (Phi) is 3.31. The lowest BCUT2D eigenvalue weighted by atomic mass is 10.1. The van der Waals surface area contributed by atoms with Gasteiger partial charge in [0, 0.05) is 33.8 Å². The van der Waals surface area contributed by atoms with Gasteiger partial charge in [0.25, 0.3) is 0 Å². The minimum absolute atomic E-state index is 0.163. The van der Waals surface area contributed by atoms with Crippen LogP contribution in [0.4, 0.5) is 5.82 Å². The maximum atomic E-state index is 11.5. The SMILES string of the molecule is CC(=O)N1CCC[C@@H]1c1ccnc(N(C)C)c1. The molecule has 1 amide bonds. The maximum Gasteiger partial charge on any atom is 0.219 e. The number of carbonyl (C=O) groups excluding carboxylic acids is 1. The van der Waals surface area contributed by atoms with Crippen LogP contribution in [0, 0.1) is 0 Å². The molecule has 1 atom stereocenters. The zero-order valence-corrected chi connectivity index (χ0v) is 10.7. The van der Waals surface area contributed by atoms with Crippen molar-refractivity contribution in [1.82, 2.24) is 9.88 Å². The minimum atomic E-state index is 0.163. The number of hydrogen-bond acceptors (Lipinski definition) is 3. The lowest BCUT2D eigenvalue weighted by Gasteiger charge is -2.24. The molecule has 4 nitrogen and oxygen atoms in total. The normalized spacial score (nSPS) is 19.5. The van der Waals surface area contributed by atoms with Gasteiger partial charge in [0.1, 0.15) is 5.82 Å². The van der Waals surface area contributed by atoms with Crippen LogP contribution in [0.25, 0.3) is 0 Å². The van der Waals surface area contributed by atoms with E-state index in [9.17, 15) is 4.79 Å². The van der Waals surface area contributed by atoms with Crippen molar-refractivity contribution in [3.05, 3.63) is 23.9 Å². The summed E-state index contributed by atoms with van der Waals surface area (Å²) >= 11 is 0. The van der Waals surface area contributed by atoms with Gasteiger partial charge in [-0.1, -0.05) is 0 Å². The van der Waals surface area contributed by atoms with Crippen LogP contribution >= 0.6 is 0 Å². The number of carbonyl (C=O) groups is 1. The van der Waals surface area contributed by atoms with E-state index in [1.165, 1.54) is 5.56 Å². The van der Waals surface area contributed by atoms with Gasteiger partial charge in [-0.2, -0.15) is 0 Å². The number of amides is 1. The molecule has 92 valence electrons. The highest BCUT2D eigenvalue weighted by molar-refractivity contribution is 5.74. The van der Waals surface area contributed by atoms with E-state index in [2.05, 4.69) is 11.1 Å². The molecule has 1 fully saturated rings. The first-order chi connectivity index (χ1) is 8.09. The monoisotopic (exact) mass is 233 g/mol.